The number of carbonyl (C=O) groups excluding carboxylic acids is 1. The van der Waals surface area contributed by atoms with Gasteiger partial charge in [-0.1, -0.05) is 59.6 Å². The Bertz CT molecular complexity index is 1270. The van der Waals surface area contributed by atoms with Gasteiger partial charge in [-0.05, 0) is 36.6 Å². The van der Waals surface area contributed by atoms with E-state index in [0.717, 1.165) is 22.4 Å². The summed E-state index contributed by atoms with van der Waals surface area (Å²) in [7, 11) is 1.59. The van der Waals surface area contributed by atoms with Crippen LogP contribution in [0.4, 0.5) is 0 Å². The van der Waals surface area contributed by atoms with Crippen LogP contribution in [0.15, 0.2) is 54.7 Å². The molecule has 1 amide bonds. The summed E-state index contributed by atoms with van der Waals surface area (Å²) in [4.78, 5) is 17.6. The van der Waals surface area contributed by atoms with Gasteiger partial charge in [0, 0.05) is 35.5 Å². The van der Waals surface area contributed by atoms with Gasteiger partial charge in [0.25, 0.3) is 5.91 Å². The molecule has 0 atom stereocenters. The van der Waals surface area contributed by atoms with Crippen LogP contribution in [0.25, 0.3) is 16.8 Å². The van der Waals surface area contributed by atoms with Gasteiger partial charge in [-0.3, -0.25) is 4.79 Å². The van der Waals surface area contributed by atoms with E-state index in [4.69, 9.17) is 27.9 Å². The van der Waals surface area contributed by atoms with Gasteiger partial charge in [-0.25, -0.2) is 9.50 Å². The average molecular weight is 469 g/mol. The number of nitrogens with one attached hydrogen (secondary N) is 1. The molecular formula is C24H22Cl2N4O2. The van der Waals surface area contributed by atoms with Gasteiger partial charge in [-0.15, -0.1) is 0 Å². The second-order valence-electron chi connectivity index (χ2n) is 7.36. The molecule has 0 aliphatic heterocycles. The predicted octanol–water partition coefficient (Wildman–Crippen LogP) is 5.13. The number of aryl methyl sites for hydroxylation is 1. The predicted molar refractivity (Wildman–Crippen MR) is 126 cm³/mol. The number of hydrogen-bond acceptors (Lipinski definition) is 4. The van der Waals surface area contributed by atoms with Crippen LogP contribution in [0.5, 0.6) is 0 Å². The van der Waals surface area contributed by atoms with Crippen molar-refractivity contribution >= 4 is 34.8 Å². The Morgan fingerprint density at radius 3 is 2.66 bits per heavy atom. The van der Waals surface area contributed by atoms with Crippen LogP contribution in [-0.2, 0) is 17.8 Å². The first kappa shape index (κ1) is 22.3. The largest absolute Gasteiger partial charge is 0.378 e. The zero-order chi connectivity index (χ0) is 22.7. The van der Waals surface area contributed by atoms with Gasteiger partial charge in [-0.2, -0.15) is 5.10 Å². The van der Waals surface area contributed by atoms with Crippen LogP contribution in [0.2, 0.25) is 10.0 Å². The van der Waals surface area contributed by atoms with Gasteiger partial charge in [0.15, 0.2) is 5.65 Å². The van der Waals surface area contributed by atoms with Crippen molar-refractivity contribution in [3.8, 4) is 11.1 Å². The minimum Gasteiger partial charge on any atom is -0.378 e. The highest BCUT2D eigenvalue weighted by molar-refractivity contribution is 6.35. The van der Waals surface area contributed by atoms with Gasteiger partial charge in [0.2, 0.25) is 0 Å². The molecule has 2 heterocycles. The van der Waals surface area contributed by atoms with E-state index in [1.807, 2.05) is 43.3 Å². The summed E-state index contributed by atoms with van der Waals surface area (Å²) in [6.07, 6.45) is 2.16. The summed E-state index contributed by atoms with van der Waals surface area (Å²) in [5, 5.41) is 8.76. The number of amides is 1. The van der Waals surface area contributed by atoms with Gasteiger partial charge in [0.05, 0.1) is 23.6 Å². The quantitative estimate of drug-likeness (QED) is 0.408. The van der Waals surface area contributed by atoms with E-state index in [9.17, 15) is 4.79 Å². The Labute approximate surface area is 196 Å². The summed E-state index contributed by atoms with van der Waals surface area (Å²) >= 11 is 12.2. The number of carbonyl (C=O) groups is 1. The number of hydrogen-bond donors (Lipinski definition) is 1. The van der Waals surface area contributed by atoms with E-state index < -0.39 is 0 Å². The normalized spacial score (nSPS) is 11.1. The smallest absolute Gasteiger partial charge is 0.254 e. The Morgan fingerprint density at radius 2 is 1.94 bits per heavy atom. The van der Waals surface area contributed by atoms with Crippen LogP contribution in [0, 0.1) is 6.92 Å². The first-order valence-corrected chi connectivity index (χ1v) is 10.9. The lowest BCUT2D eigenvalue weighted by atomic mass is 10.1. The van der Waals surface area contributed by atoms with Gasteiger partial charge >= 0.3 is 0 Å². The maximum absolute atomic E-state index is 13.0. The molecule has 0 aliphatic rings. The van der Waals surface area contributed by atoms with Crippen LogP contribution < -0.4 is 5.32 Å². The third kappa shape index (κ3) is 4.48. The number of methoxy groups -OCH3 is 1. The summed E-state index contributed by atoms with van der Waals surface area (Å²) < 4.78 is 7.08. The maximum atomic E-state index is 13.0. The molecule has 2 aromatic carbocycles. The monoisotopic (exact) mass is 468 g/mol. The number of ether oxygens (including phenoxy) is 1. The third-order valence-corrected chi connectivity index (χ3v) is 5.79. The molecule has 0 saturated carbocycles. The standard InChI is InChI=1S/C24H22Cl2N4O2/c1-15-22(17-6-4-3-5-7-17)23-28-13-19(21(14-32-2)30(23)29-15)24(31)27-11-10-16-8-9-18(25)12-20(16)26/h3-9,12-13H,10-11,14H2,1-2H3,(H,27,31). The average Bonchev–Trinajstić information content (AvgIpc) is 3.12. The Kier molecular flexibility index (Phi) is 6.74. The number of benzene rings is 2. The van der Waals surface area contributed by atoms with Crippen molar-refractivity contribution in [3.63, 3.8) is 0 Å². The van der Waals surface area contributed by atoms with Crippen molar-refractivity contribution in [3.05, 3.63) is 87.3 Å². The van der Waals surface area contributed by atoms with Crippen molar-refractivity contribution in [1.82, 2.24) is 19.9 Å². The summed E-state index contributed by atoms with van der Waals surface area (Å²) in [5.74, 6) is -0.244. The molecule has 0 saturated heterocycles. The van der Waals surface area contributed by atoms with Gasteiger partial charge in [0.1, 0.15) is 0 Å². The molecule has 0 spiro atoms. The molecule has 0 bridgehead atoms. The second-order valence-corrected chi connectivity index (χ2v) is 8.20. The lowest BCUT2D eigenvalue weighted by Crippen LogP contribution is -2.28. The molecule has 2 aromatic heterocycles. The highest BCUT2D eigenvalue weighted by Gasteiger charge is 2.20. The molecule has 6 nitrogen and oxygen atoms in total. The molecule has 4 rings (SSSR count). The van der Waals surface area contributed by atoms with Crippen molar-refractivity contribution in [2.45, 2.75) is 20.0 Å². The maximum Gasteiger partial charge on any atom is 0.254 e. The Hall–Kier alpha value is -2.93. The third-order valence-electron chi connectivity index (χ3n) is 5.20. The number of halogens is 2. The summed E-state index contributed by atoms with van der Waals surface area (Å²) in [6, 6.07) is 15.3. The fourth-order valence-electron chi connectivity index (χ4n) is 3.68. The van der Waals surface area contributed by atoms with Crippen LogP contribution in [0.3, 0.4) is 0 Å². The van der Waals surface area contributed by atoms with E-state index in [1.54, 1.807) is 30.0 Å². The number of rotatable bonds is 7. The lowest BCUT2D eigenvalue weighted by molar-refractivity contribution is 0.0947. The first-order chi connectivity index (χ1) is 15.5. The Morgan fingerprint density at radius 1 is 1.16 bits per heavy atom. The Balaban J connectivity index is 1.62. The molecular weight excluding hydrogens is 447 g/mol. The second kappa shape index (κ2) is 9.69. The number of fused-ring (bicyclic) bond motifs is 1. The molecule has 4 aromatic rings. The van der Waals surface area contributed by atoms with Crippen LogP contribution in [-0.4, -0.2) is 34.2 Å². The molecule has 0 radical (unpaired) electrons. The molecule has 32 heavy (non-hydrogen) atoms. The van der Waals surface area contributed by atoms with Crippen molar-refractivity contribution in [2.24, 2.45) is 0 Å². The van der Waals surface area contributed by atoms with Crippen molar-refractivity contribution in [2.75, 3.05) is 13.7 Å². The van der Waals surface area contributed by atoms with E-state index in [2.05, 4.69) is 15.4 Å². The lowest BCUT2D eigenvalue weighted by Gasteiger charge is -2.12. The molecule has 8 heteroatoms. The van der Waals surface area contributed by atoms with E-state index >= 15 is 0 Å². The fourth-order valence-corrected chi connectivity index (χ4v) is 4.18. The highest BCUT2D eigenvalue weighted by atomic mass is 35.5. The zero-order valence-corrected chi connectivity index (χ0v) is 19.2. The molecule has 0 aliphatic carbocycles. The highest BCUT2D eigenvalue weighted by Crippen LogP contribution is 2.28. The van der Waals surface area contributed by atoms with Crippen molar-refractivity contribution < 1.29 is 9.53 Å². The molecule has 164 valence electrons. The molecule has 0 unspecified atom stereocenters. The fraction of sp³-hybridized carbons (Fsp3) is 0.208. The number of aromatic nitrogens is 3. The van der Waals surface area contributed by atoms with E-state index in [-0.39, 0.29) is 12.5 Å². The van der Waals surface area contributed by atoms with Crippen LogP contribution >= 0.6 is 23.2 Å². The minimum absolute atomic E-state index is 0.222. The van der Waals surface area contributed by atoms with E-state index in [1.165, 1.54) is 0 Å². The topological polar surface area (TPSA) is 68.5 Å². The van der Waals surface area contributed by atoms with E-state index in [0.29, 0.717) is 39.9 Å². The SMILES string of the molecule is COCc1c(C(=O)NCCc2ccc(Cl)cc2Cl)cnc2c(-c3ccccc3)c(C)nn12. The summed E-state index contributed by atoms with van der Waals surface area (Å²) in [5.41, 5.74) is 5.45. The summed E-state index contributed by atoms with van der Waals surface area (Å²) in [6.45, 7) is 2.57. The first-order valence-electron chi connectivity index (χ1n) is 10.1. The zero-order valence-electron chi connectivity index (χ0n) is 17.7. The number of nitrogens with zero attached hydrogens (tertiary/aromatic N) is 3. The van der Waals surface area contributed by atoms with Crippen LogP contribution in [0.1, 0.15) is 27.3 Å². The van der Waals surface area contributed by atoms with Crippen molar-refractivity contribution in [1.29, 1.82) is 0 Å². The minimum atomic E-state index is -0.244. The van der Waals surface area contributed by atoms with Gasteiger partial charge < -0.3 is 10.1 Å². The molecule has 0 fully saturated rings. The molecule has 1 N–H and O–H groups in total.